The predicted octanol–water partition coefficient (Wildman–Crippen LogP) is 3.19. The summed E-state index contributed by atoms with van der Waals surface area (Å²) in [5.74, 6) is 0.935. The molecular formula is C19H27N3O. The largest absolute Gasteiger partial charge is 0.494 e. The Labute approximate surface area is 138 Å². The van der Waals surface area contributed by atoms with E-state index < -0.39 is 0 Å². The zero-order valence-electron chi connectivity index (χ0n) is 13.9. The van der Waals surface area contributed by atoms with E-state index in [0.717, 1.165) is 42.7 Å². The van der Waals surface area contributed by atoms with Gasteiger partial charge in [-0.05, 0) is 69.1 Å². The lowest BCUT2D eigenvalue weighted by Crippen LogP contribution is -2.28. The Hall–Kier alpha value is -1.78. The highest BCUT2D eigenvalue weighted by Gasteiger charge is 2.18. The Balaban J connectivity index is 1.48. The molecule has 4 heteroatoms. The average Bonchev–Trinajstić information content (AvgIpc) is 3.21. The minimum absolute atomic E-state index is 0.542. The van der Waals surface area contributed by atoms with Gasteiger partial charge in [-0.1, -0.05) is 0 Å². The summed E-state index contributed by atoms with van der Waals surface area (Å²) in [6, 6.07) is 13.0. The molecule has 1 aliphatic heterocycles. The Morgan fingerprint density at radius 2 is 2.04 bits per heavy atom. The van der Waals surface area contributed by atoms with Crippen LogP contribution < -0.4 is 10.5 Å². The van der Waals surface area contributed by atoms with Crippen LogP contribution in [0.5, 0.6) is 5.75 Å². The topological polar surface area (TPSA) is 43.4 Å². The highest BCUT2D eigenvalue weighted by molar-refractivity contribution is 5.39. The van der Waals surface area contributed by atoms with Crippen LogP contribution in [-0.2, 0) is 6.54 Å². The van der Waals surface area contributed by atoms with E-state index >= 15 is 0 Å². The summed E-state index contributed by atoms with van der Waals surface area (Å²) in [7, 11) is 0. The van der Waals surface area contributed by atoms with Crippen molar-refractivity contribution in [2.75, 3.05) is 19.7 Å². The van der Waals surface area contributed by atoms with Gasteiger partial charge in [0.1, 0.15) is 5.75 Å². The van der Waals surface area contributed by atoms with E-state index in [1.54, 1.807) is 0 Å². The summed E-state index contributed by atoms with van der Waals surface area (Å²) < 4.78 is 7.98. The van der Waals surface area contributed by atoms with E-state index in [1.807, 2.05) is 30.5 Å². The molecule has 4 nitrogen and oxygen atoms in total. The molecule has 1 saturated heterocycles. The zero-order chi connectivity index (χ0) is 16.1. The molecule has 0 amide bonds. The van der Waals surface area contributed by atoms with Gasteiger partial charge in [-0.2, -0.15) is 0 Å². The first kappa shape index (κ1) is 16.1. The van der Waals surface area contributed by atoms with E-state index in [-0.39, 0.29) is 0 Å². The van der Waals surface area contributed by atoms with Crippen LogP contribution in [0.3, 0.4) is 0 Å². The molecule has 0 bridgehead atoms. The average molecular weight is 313 g/mol. The summed E-state index contributed by atoms with van der Waals surface area (Å²) in [4.78, 5) is 2.56. The van der Waals surface area contributed by atoms with Crippen molar-refractivity contribution in [3.05, 3.63) is 48.3 Å². The van der Waals surface area contributed by atoms with Crippen molar-refractivity contribution in [2.45, 2.75) is 38.8 Å². The van der Waals surface area contributed by atoms with E-state index in [0.29, 0.717) is 6.54 Å². The van der Waals surface area contributed by atoms with Crippen molar-refractivity contribution < 1.29 is 4.74 Å². The Kier molecular flexibility index (Phi) is 5.36. The molecule has 0 spiro atoms. The van der Waals surface area contributed by atoms with Crippen LogP contribution in [0.15, 0.2) is 42.6 Å². The van der Waals surface area contributed by atoms with E-state index in [4.69, 9.17) is 10.5 Å². The number of likely N-dealkylation sites (tertiary alicyclic amines) is 1. The third-order valence-electron chi connectivity index (χ3n) is 4.71. The Morgan fingerprint density at radius 3 is 2.74 bits per heavy atom. The van der Waals surface area contributed by atoms with Gasteiger partial charge in [0.2, 0.25) is 0 Å². The second kappa shape index (κ2) is 7.66. The van der Waals surface area contributed by atoms with Gasteiger partial charge in [0.25, 0.3) is 0 Å². The summed E-state index contributed by atoms with van der Waals surface area (Å²) in [6.07, 6.45) is 5.80. The minimum atomic E-state index is 0.542. The number of benzene rings is 1. The van der Waals surface area contributed by atoms with Crippen LogP contribution >= 0.6 is 0 Å². The lowest BCUT2D eigenvalue weighted by molar-refractivity contribution is 0.230. The summed E-state index contributed by atoms with van der Waals surface area (Å²) >= 11 is 0. The van der Waals surface area contributed by atoms with E-state index in [9.17, 15) is 0 Å². The molecule has 2 N–H and O–H groups in total. The van der Waals surface area contributed by atoms with Gasteiger partial charge in [0.15, 0.2) is 0 Å². The molecule has 1 atom stereocenters. The van der Waals surface area contributed by atoms with Crippen LogP contribution in [0.25, 0.3) is 5.69 Å². The number of rotatable bonds is 7. The monoisotopic (exact) mass is 313 g/mol. The van der Waals surface area contributed by atoms with Gasteiger partial charge in [-0.25, -0.2) is 0 Å². The molecule has 1 aromatic heterocycles. The van der Waals surface area contributed by atoms with Crippen molar-refractivity contribution >= 4 is 0 Å². The van der Waals surface area contributed by atoms with Crippen molar-refractivity contribution in [1.82, 2.24) is 9.47 Å². The first-order valence-electron chi connectivity index (χ1n) is 8.61. The van der Waals surface area contributed by atoms with Crippen molar-refractivity contribution in [3.63, 3.8) is 0 Å². The van der Waals surface area contributed by atoms with Gasteiger partial charge in [0.05, 0.1) is 6.61 Å². The highest BCUT2D eigenvalue weighted by atomic mass is 16.5. The van der Waals surface area contributed by atoms with Gasteiger partial charge < -0.3 is 19.9 Å². The van der Waals surface area contributed by atoms with Crippen LogP contribution in [-0.4, -0.2) is 35.2 Å². The molecule has 23 heavy (non-hydrogen) atoms. The predicted molar refractivity (Wildman–Crippen MR) is 94.0 cm³/mol. The standard InChI is InChI=1S/C19H27N3O/c1-16-5-2-11-21(16)12-4-14-23-19-9-7-17(8-10-19)22-13-3-6-18(22)15-20/h3,6-10,13,16H,2,4-5,11-12,14-15,20H2,1H3/t16-/m0/s1. The third kappa shape index (κ3) is 3.95. The maximum atomic E-state index is 5.87. The molecule has 2 heterocycles. The molecule has 1 fully saturated rings. The van der Waals surface area contributed by atoms with Crippen LogP contribution in [0.4, 0.5) is 0 Å². The molecule has 3 rings (SSSR count). The first-order valence-corrected chi connectivity index (χ1v) is 8.61. The third-order valence-corrected chi connectivity index (χ3v) is 4.71. The maximum Gasteiger partial charge on any atom is 0.119 e. The van der Waals surface area contributed by atoms with Gasteiger partial charge >= 0.3 is 0 Å². The molecule has 124 valence electrons. The molecule has 0 aliphatic carbocycles. The number of nitrogens with two attached hydrogens (primary N) is 1. The zero-order valence-corrected chi connectivity index (χ0v) is 13.9. The van der Waals surface area contributed by atoms with Crippen LogP contribution in [0.1, 0.15) is 31.9 Å². The van der Waals surface area contributed by atoms with Gasteiger partial charge in [-0.15, -0.1) is 0 Å². The second-order valence-electron chi connectivity index (χ2n) is 6.30. The fourth-order valence-electron chi connectivity index (χ4n) is 3.32. The fraction of sp³-hybridized carbons (Fsp3) is 0.474. The van der Waals surface area contributed by atoms with Gasteiger partial charge in [-0.3, -0.25) is 0 Å². The summed E-state index contributed by atoms with van der Waals surface area (Å²) in [5, 5.41) is 0. The molecule has 0 saturated carbocycles. The Bertz CT molecular complexity index is 605. The second-order valence-corrected chi connectivity index (χ2v) is 6.30. The molecule has 1 aliphatic rings. The summed E-state index contributed by atoms with van der Waals surface area (Å²) in [6.45, 7) is 6.03. The smallest absolute Gasteiger partial charge is 0.119 e. The lowest BCUT2D eigenvalue weighted by atomic mass is 10.2. The highest BCUT2D eigenvalue weighted by Crippen LogP contribution is 2.19. The van der Waals surface area contributed by atoms with E-state index in [1.165, 1.54) is 19.4 Å². The number of hydrogen-bond acceptors (Lipinski definition) is 3. The van der Waals surface area contributed by atoms with Crippen molar-refractivity contribution in [1.29, 1.82) is 0 Å². The Morgan fingerprint density at radius 1 is 1.22 bits per heavy atom. The minimum Gasteiger partial charge on any atom is -0.494 e. The molecule has 0 unspecified atom stereocenters. The molecular weight excluding hydrogens is 286 g/mol. The maximum absolute atomic E-state index is 5.87. The fourth-order valence-corrected chi connectivity index (χ4v) is 3.32. The first-order chi connectivity index (χ1) is 11.3. The molecule has 2 aromatic rings. The van der Waals surface area contributed by atoms with E-state index in [2.05, 4.69) is 28.5 Å². The van der Waals surface area contributed by atoms with Crippen LogP contribution in [0.2, 0.25) is 0 Å². The number of aromatic nitrogens is 1. The number of hydrogen-bond donors (Lipinski definition) is 1. The van der Waals surface area contributed by atoms with Crippen molar-refractivity contribution in [3.8, 4) is 11.4 Å². The van der Waals surface area contributed by atoms with Crippen molar-refractivity contribution in [2.24, 2.45) is 5.73 Å². The SMILES string of the molecule is C[C@H]1CCCN1CCCOc1ccc(-n2cccc2CN)cc1. The summed E-state index contributed by atoms with van der Waals surface area (Å²) in [5.41, 5.74) is 7.98. The van der Waals surface area contributed by atoms with Gasteiger partial charge in [0, 0.05) is 36.7 Å². The number of nitrogens with zero attached hydrogens (tertiary/aromatic N) is 2. The number of ether oxygens (including phenoxy) is 1. The molecule has 0 radical (unpaired) electrons. The normalized spacial score (nSPS) is 18.4. The lowest BCUT2D eigenvalue weighted by Gasteiger charge is -2.20. The molecule has 1 aromatic carbocycles. The van der Waals surface area contributed by atoms with Crippen LogP contribution in [0, 0.1) is 0 Å². The quantitative estimate of drug-likeness (QED) is 0.798.